The normalized spacial score (nSPS) is 27.4. The first-order valence-corrected chi connectivity index (χ1v) is 3.38. The van der Waals surface area contributed by atoms with Crippen molar-refractivity contribution in [3.8, 4) is 0 Å². The molecule has 1 amide bonds. The summed E-state index contributed by atoms with van der Waals surface area (Å²) < 4.78 is 5.11. The van der Waals surface area contributed by atoms with Gasteiger partial charge in [0.05, 0.1) is 19.1 Å². The van der Waals surface area contributed by atoms with Crippen LogP contribution in [0.1, 0.15) is 0 Å². The van der Waals surface area contributed by atoms with E-state index in [9.17, 15) is 4.79 Å². The predicted molar refractivity (Wildman–Crippen MR) is 36.4 cm³/mol. The summed E-state index contributed by atoms with van der Waals surface area (Å²) in [6.07, 6.45) is 0. The molecule has 3 N–H and O–H groups in total. The molecule has 0 aromatic carbocycles. The van der Waals surface area contributed by atoms with E-state index >= 15 is 0 Å². The van der Waals surface area contributed by atoms with Crippen molar-refractivity contribution in [3.05, 3.63) is 0 Å². The van der Waals surface area contributed by atoms with Gasteiger partial charge < -0.3 is 15.8 Å². The molecule has 58 valence electrons. The van der Waals surface area contributed by atoms with Crippen molar-refractivity contribution < 1.29 is 9.53 Å². The lowest BCUT2D eigenvalue weighted by atomic mass is 10.1. The van der Waals surface area contributed by atoms with Gasteiger partial charge in [-0.1, -0.05) is 0 Å². The second-order valence-corrected chi connectivity index (χ2v) is 2.38. The minimum Gasteiger partial charge on any atom is -0.379 e. The fourth-order valence-corrected chi connectivity index (χ4v) is 0.888. The Morgan fingerprint density at radius 3 is 3.20 bits per heavy atom. The van der Waals surface area contributed by atoms with Crippen LogP contribution in [0.15, 0.2) is 0 Å². The molecule has 0 aromatic rings. The lowest BCUT2D eigenvalue weighted by molar-refractivity contribution is -0.123. The molecule has 0 radical (unpaired) electrons. The average molecular weight is 144 g/mol. The number of amides is 1. The van der Waals surface area contributed by atoms with Crippen LogP contribution in [0.3, 0.4) is 0 Å². The van der Waals surface area contributed by atoms with Gasteiger partial charge in [-0.05, 0) is 0 Å². The van der Waals surface area contributed by atoms with Crippen LogP contribution in [0.5, 0.6) is 0 Å². The summed E-state index contributed by atoms with van der Waals surface area (Å²) in [5.74, 6) is -0.433. The van der Waals surface area contributed by atoms with Crippen LogP contribution >= 0.6 is 0 Å². The summed E-state index contributed by atoms with van der Waals surface area (Å²) in [6.45, 7) is 2.59. The van der Waals surface area contributed by atoms with E-state index < -0.39 is 0 Å². The van der Waals surface area contributed by atoms with Gasteiger partial charge in [0.1, 0.15) is 0 Å². The van der Waals surface area contributed by atoms with E-state index in [2.05, 4.69) is 5.32 Å². The van der Waals surface area contributed by atoms with Crippen molar-refractivity contribution in [3.63, 3.8) is 0 Å². The molecular formula is C6H12N2O2. The minimum absolute atomic E-state index is 0.150. The Morgan fingerprint density at radius 2 is 2.50 bits per heavy atom. The van der Waals surface area contributed by atoms with Gasteiger partial charge in [0.2, 0.25) is 5.91 Å². The predicted octanol–water partition coefficient (Wildman–Crippen LogP) is -1.29. The molecule has 4 nitrogen and oxygen atoms in total. The molecule has 0 unspecified atom stereocenters. The number of rotatable bonds is 1. The average Bonchev–Trinajstić information content (AvgIpc) is 2.12. The van der Waals surface area contributed by atoms with Crippen LogP contribution in [0.2, 0.25) is 0 Å². The third-order valence-corrected chi connectivity index (χ3v) is 1.54. The summed E-state index contributed by atoms with van der Waals surface area (Å²) >= 11 is 0. The quantitative estimate of drug-likeness (QED) is 0.481. The van der Waals surface area contributed by atoms with Crippen molar-refractivity contribution in [1.82, 2.24) is 5.32 Å². The highest BCUT2D eigenvalue weighted by molar-refractivity contribution is 5.77. The second-order valence-electron chi connectivity index (χ2n) is 2.38. The monoisotopic (exact) mass is 144 g/mol. The first-order chi connectivity index (χ1) is 4.80. The summed E-state index contributed by atoms with van der Waals surface area (Å²) in [5.41, 5.74) is 5.08. The van der Waals surface area contributed by atoms with Gasteiger partial charge >= 0.3 is 0 Å². The highest BCUT2D eigenvalue weighted by Gasteiger charge is 2.16. The third kappa shape index (κ3) is 1.97. The molecule has 1 rings (SSSR count). The van der Waals surface area contributed by atoms with Gasteiger partial charge in [0.25, 0.3) is 0 Å². The SMILES string of the molecule is NC(=O)[C@@H]1CNCCOC1. The largest absolute Gasteiger partial charge is 0.379 e. The van der Waals surface area contributed by atoms with Crippen molar-refractivity contribution in [2.75, 3.05) is 26.3 Å². The van der Waals surface area contributed by atoms with Gasteiger partial charge in [-0.3, -0.25) is 4.79 Å². The maximum Gasteiger partial charge on any atom is 0.224 e. The van der Waals surface area contributed by atoms with E-state index in [1.165, 1.54) is 0 Å². The Bertz CT molecular complexity index is 119. The lowest BCUT2D eigenvalue weighted by Crippen LogP contribution is -2.33. The molecule has 0 spiro atoms. The summed E-state index contributed by atoms with van der Waals surface area (Å²) in [7, 11) is 0. The van der Waals surface area contributed by atoms with Gasteiger partial charge in [0.15, 0.2) is 0 Å². The van der Waals surface area contributed by atoms with Gasteiger partial charge in [0, 0.05) is 13.1 Å². The molecule has 0 aliphatic carbocycles. The van der Waals surface area contributed by atoms with Crippen molar-refractivity contribution in [1.29, 1.82) is 0 Å². The molecular weight excluding hydrogens is 132 g/mol. The molecule has 4 heteroatoms. The highest BCUT2D eigenvalue weighted by Crippen LogP contribution is 1.97. The van der Waals surface area contributed by atoms with Crippen molar-refractivity contribution in [2.45, 2.75) is 0 Å². The Hall–Kier alpha value is -0.610. The number of ether oxygens (including phenoxy) is 1. The number of hydrogen-bond acceptors (Lipinski definition) is 3. The van der Waals surface area contributed by atoms with Crippen LogP contribution in [0, 0.1) is 5.92 Å². The van der Waals surface area contributed by atoms with Gasteiger partial charge in [-0.25, -0.2) is 0 Å². The summed E-state index contributed by atoms with van der Waals surface area (Å²) in [5, 5.41) is 3.05. The smallest absolute Gasteiger partial charge is 0.224 e. The number of nitrogens with one attached hydrogen (secondary N) is 1. The number of primary amides is 1. The Balaban J connectivity index is 2.35. The molecule has 1 fully saturated rings. The first kappa shape index (κ1) is 7.50. The van der Waals surface area contributed by atoms with Crippen LogP contribution in [0.4, 0.5) is 0 Å². The molecule has 0 saturated carbocycles. The first-order valence-electron chi connectivity index (χ1n) is 3.38. The summed E-state index contributed by atoms with van der Waals surface area (Å²) in [4.78, 5) is 10.6. The third-order valence-electron chi connectivity index (χ3n) is 1.54. The molecule has 1 aliphatic heterocycles. The zero-order chi connectivity index (χ0) is 7.40. The Labute approximate surface area is 59.7 Å². The molecule has 0 aromatic heterocycles. The Morgan fingerprint density at radius 1 is 1.70 bits per heavy atom. The molecule has 0 bridgehead atoms. The zero-order valence-corrected chi connectivity index (χ0v) is 5.80. The molecule has 1 saturated heterocycles. The molecule has 1 atom stereocenters. The van der Waals surface area contributed by atoms with Crippen LogP contribution in [0.25, 0.3) is 0 Å². The number of hydrogen-bond donors (Lipinski definition) is 2. The number of carbonyl (C=O) groups is 1. The van der Waals surface area contributed by atoms with Crippen molar-refractivity contribution >= 4 is 5.91 Å². The minimum atomic E-state index is -0.283. The fraction of sp³-hybridized carbons (Fsp3) is 0.833. The van der Waals surface area contributed by atoms with Gasteiger partial charge in [-0.2, -0.15) is 0 Å². The van der Waals surface area contributed by atoms with E-state index in [1.54, 1.807) is 0 Å². The van der Waals surface area contributed by atoms with E-state index in [1.807, 2.05) is 0 Å². The number of carbonyl (C=O) groups excluding carboxylic acids is 1. The van der Waals surface area contributed by atoms with Crippen molar-refractivity contribution in [2.24, 2.45) is 11.7 Å². The van der Waals surface area contributed by atoms with E-state index in [4.69, 9.17) is 10.5 Å². The molecule has 1 aliphatic rings. The highest BCUT2D eigenvalue weighted by atomic mass is 16.5. The van der Waals surface area contributed by atoms with E-state index in [-0.39, 0.29) is 11.8 Å². The standard InChI is InChI=1S/C6H12N2O2/c7-6(9)5-3-8-1-2-10-4-5/h5,8H,1-4H2,(H2,7,9)/t5-/m1/s1. The Kier molecular flexibility index (Phi) is 2.65. The van der Waals surface area contributed by atoms with Gasteiger partial charge in [-0.15, -0.1) is 0 Å². The maximum atomic E-state index is 10.6. The van der Waals surface area contributed by atoms with E-state index in [0.29, 0.717) is 19.8 Å². The molecule has 10 heavy (non-hydrogen) atoms. The van der Waals surface area contributed by atoms with Crippen LogP contribution in [-0.2, 0) is 9.53 Å². The fourth-order valence-electron chi connectivity index (χ4n) is 0.888. The van der Waals surface area contributed by atoms with E-state index in [0.717, 1.165) is 6.54 Å². The topological polar surface area (TPSA) is 64.4 Å². The number of nitrogens with two attached hydrogens (primary N) is 1. The van der Waals surface area contributed by atoms with Crippen LogP contribution in [-0.4, -0.2) is 32.2 Å². The second kappa shape index (κ2) is 3.53. The summed E-state index contributed by atoms with van der Waals surface area (Å²) in [6, 6.07) is 0. The zero-order valence-electron chi connectivity index (χ0n) is 5.80. The molecule has 1 heterocycles. The van der Waals surface area contributed by atoms with Crippen LogP contribution < -0.4 is 11.1 Å². The lowest BCUT2D eigenvalue weighted by Gasteiger charge is -2.07. The maximum absolute atomic E-state index is 10.6.